The number of hydrogen-bond acceptors (Lipinski definition) is 0. The van der Waals surface area contributed by atoms with Gasteiger partial charge in [-0.2, -0.15) is 0 Å². The van der Waals surface area contributed by atoms with Gasteiger partial charge >= 0.3 is 0 Å². The molecule has 1 atom stereocenters. The van der Waals surface area contributed by atoms with Gasteiger partial charge in [-0.25, -0.2) is 0 Å². The highest BCUT2D eigenvalue weighted by Crippen LogP contribution is 2.36. The van der Waals surface area contributed by atoms with Gasteiger partial charge in [-0.3, -0.25) is 0 Å². The lowest BCUT2D eigenvalue weighted by Crippen LogP contribution is -1.98. The largest absolute Gasteiger partial charge is 0.113 e. The van der Waals surface area contributed by atoms with Crippen LogP contribution >= 0.6 is 34.8 Å². The summed E-state index contributed by atoms with van der Waals surface area (Å²) in [6.07, 6.45) is 0. The molecule has 0 aromatic heterocycles. The maximum absolute atomic E-state index is 6.54. The van der Waals surface area contributed by atoms with E-state index in [1.807, 2.05) is 24.3 Å². The zero-order valence-electron chi connectivity index (χ0n) is 10.2. The molecule has 94 valence electrons. The van der Waals surface area contributed by atoms with E-state index in [0.717, 1.165) is 11.1 Å². The molecule has 2 aromatic rings. The Hall–Kier alpha value is -0.690. The third-order valence-electron chi connectivity index (χ3n) is 3.16. The minimum atomic E-state index is -0.255. The highest BCUT2D eigenvalue weighted by molar-refractivity contribution is 6.36. The molecule has 0 radical (unpaired) electrons. The van der Waals surface area contributed by atoms with Crippen LogP contribution in [0.5, 0.6) is 0 Å². The molecule has 0 heterocycles. The lowest BCUT2D eigenvalue weighted by Gasteiger charge is -2.16. The van der Waals surface area contributed by atoms with Crippen molar-refractivity contribution in [2.75, 3.05) is 0 Å². The topological polar surface area (TPSA) is 0 Å². The number of hydrogen-bond donors (Lipinski definition) is 0. The predicted molar refractivity (Wildman–Crippen MR) is 80.1 cm³/mol. The lowest BCUT2D eigenvalue weighted by molar-refractivity contribution is 1.10. The van der Waals surface area contributed by atoms with Crippen LogP contribution in [0, 0.1) is 13.8 Å². The van der Waals surface area contributed by atoms with Crippen molar-refractivity contribution in [2.45, 2.75) is 19.2 Å². The van der Waals surface area contributed by atoms with Crippen molar-refractivity contribution in [2.24, 2.45) is 0 Å². The number of benzene rings is 2. The van der Waals surface area contributed by atoms with Gasteiger partial charge in [0.1, 0.15) is 0 Å². The van der Waals surface area contributed by atoms with Gasteiger partial charge in [0, 0.05) is 10.0 Å². The van der Waals surface area contributed by atoms with E-state index in [9.17, 15) is 0 Å². The summed E-state index contributed by atoms with van der Waals surface area (Å²) in [6.45, 7) is 4.15. The Balaban J connectivity index is 2.48. The first-order valence-electron chi connectivity index (χ1n) is 5.66. The van der Waals surface area contributed by atoms with Crippen LogP contribution in [0.3, 0.4) is 0 Å². The molecule has 2 rings (SSSR count). The smallest absolute Gasteiger partial charge is 0.0852 e. The first kappa shape index (κ1) is 13.7. The van der Waals surface area contributed by atoms with Gasteiger partial charge in [-0.1, -0.05) is 47.5 Å². The second-order valence-electron chi connectivity index (χ2n) is 4.32. The number of rotatable bonds is 2. The molecule has 0 nitrogen and oxygen atoms in total. The summed E-state index contributed by atoms with van der Waals surface area (Å²) in [7, 11) is 0. The second kappa shape index (κ2) is 5.52. The highest BCUT2D eigenvalue weighted by atomic mass is 35.5. The minimum absolute atomic E-state index is 0.255. The summed E-state index contributed by atoms with van der Waals surface area (Å²) in [5.74, 6) is 0. The summed E-state index contributed by atoms with van der Waals surface area (Å²) in [4.78, 5) is 0. The first-order valence-corrected chi connectivity index (χ1v) is 6.85. The third-order valence-corrected chi connectivity index (χ3v) is 4.19. The van der Waals surface area contributed by atoms with E-state index in [1.165, 1.54) is 11.1 Å². The van der Waals surface area contributed by atoms with Crippen LogP contribution in [0.25, 0.3) is 0 Å². The van der Waals surface area contributed by atoms with Crippen LogP contribution in [0.4, 0.5) is 0 Å². The van der Waals surface area contributed by atoms with Crippen molar-refractivity contribution in [3.05, 3.63) is 68.7 Å². The molecule has 0 aliphatic carbocycles. The standard InChI is InChI=1S/C15H13Cl3/c1-9-4-3-5-12(10(9)2)15(18)13-7-6-11(16)8-14(13)17/h3-8,15H,1-2H3. The van der Waals surface area contributed by atoms with E-state index in [1.54, 1.807) is 6.07 Å². The number of aryl methyl sites for hydroxylation is 1. The maximum atomic E-state index is 6.54. The average molecular weight is 300 g/mol. The van der Waals surface area contributed by atoms with Crippen molar-refractivity contribution in [1.29, 1.82) is 0 Å². The fourth-order valence-electron chi connectivity index (χ4n) is 1.92. The first-order chi connectivity index (χ1) is 8.50. The summed E-state index contributed by atoms with van der Waals surface area (Å²) < 4.78 is 0. The van der Waals surface area contributed by atoms with Gasteiger partial charge in [0.2, 0.25) is 0 Å². The minimum Gasteiger partial charge on any atom is -0.113 e. The normalized spacial score (nSPS) is 12.5. The van der Waals surface area contributed by atoms with Crippen LogP contribution in [0.15, 0.2) is 36.4 Å². The molecule has 0 aliphatic heterocycles. The Bertz CT molecular complexity index is 576. The average Bonchev–Trinajstić information content (AvgIpc) is 2.32. The van der Waals surface area contributed by atoms with Crippen LogP contribution in [-0.2, 0) is 0 Å². The van der Waals surface area contributed by atoms with E-state index < -0.39 is 0 Å². The Labute approximate surface area is 122 Å². The van der Waals surface area contributed by atoms with Crippen molar-refractivity contribution in [3.8, 4) is 0 Å². The maximum Gasteiger partial charge on any atom is 0.0852 e. The molecule has 3 heteroatoms. The molecule has 1 unspecified atom stereocenters. The molecule has 2 aromatic carbocycles. The molecule has 0 aliphatic rings. The summed E-state index contributed by atoms with van der Waals surface area (Å²) in [5, 5.41) is 0.964. The summed E-state index contributed by atoms with van der Waals surface area (Å²) in [6, 6.07) is 11.5. The molecular weight excluding hydrogens is 287 g/mol. The molecule has 0 amide bonds. The molecule has 0 saturated carbocycles. The Morgan fingerprint density at radius 1 is 0.944 bits per heavy atom. The SMILES string of the molecule is Cc1cccc(C(Cl)c2ccc(Cl)cc2Cl)c1C. The van der Waals surface area contributed by atoms with Crippen molar-refractivity contribution < 1.29 is 0 Å². The monoisotopic (exact) mass is 298 g/mol. The van der Waals surface area contributed by atoms with Crippen LogP contribution in [0.2, 0.25) is 10.0 Å². The summed E-state index contributed by atoms with van der Waals surface area (Å²) in [5.41, 5.74) is 4.39. The zero-order chi connectivity index (χ0) is 13.3. The molecule has 0 fully saturated rings. The fraction of sp³-hybridized carbons (Fsp3) is 0.200. The van der Waals surface area contributed by atoms with Gasteiger partial charge in [-0.05, 0) is 48.2 Å². The quantitative estimate of drug-likeness (QED) is 0.602. The van der Waals surface area contributed by atoms with Gasteiger partial charge < -0.3 is 0 Å². The third kappa shape index (κ3) is 2.66. The van der Waals surface area contributed by atoms with E-state index in [2.05, 4.69) is 19.9 Å². The van der Waals surface area contributed by atoms with Crippen LogP contribution < -0.4 is 0 Å². The predicted octanol–water partition coefficient (Wildman–Crippen LogP) is 5.94. The van der Waals surface area contributed by atoms with Gasteiger partial charge in [0.25, 0.3) is 0 Å². The lowest BCUT2D eigenvalue weighted by atomic mass is 9.97. The van der Waals surface area contributed by atoms with Crippen molar-refractivity contribution in [3.63, 3.8) is 0 Å². The van der Waals surface area contributed by atoms with E-state index in [4.69, 9.17) is 34.8 Å². The number of alkyl halides is 1. The fourth-order valence-corrected chi connectivity index (χ4v) is 2.92. The van der Waals surface area contributed by atoms with Gasteiger partial charge in [-0.15, -0.1) is 11.6 Å². The van der Waals surface area contributed by atoms with Crippen molar-refractivity contribution in [1.82, 2.24) is 0 Å². The molecule has 18 heavy (non-hydrogen) atoms. The van der Waals surface area contributed by atoms with Crippen LogP contribution in [-0.4, -0.2) is 0 Å². The summed E-state index contributed by atoms with van der Waals surface area (Å²) >= 11 is 18.6. The number of halogens is 3. The molecule has 0 saturated heterocycles. The molecule has 0 N–H and O–H groups in total. The molecule has 0 bridgehead atoms. The molecule has 0 spiro atoms. The van der Waals surface area contributed by atoms with Gasteiger partial charge in [0.05, 0.1) is 5.38 Å². The Morgan fingerprint density at radius 3 is 2.33 bits per heavy atom. The van der Waals surface area contributed by atoms with E-state index >= 15 is 0 Å². The second-order valence-corrected chi connectivity index (χ2v) is 5.60. The molecular formula is C15H13Cl3. The van der Waals surface area contributed by atoms with Gasteiger partial charge in [0.15, 0.2) is 0 Å². The zero-order valence-corrected chi connectivity index (χ0v) is 12.4. The van der Waals surface area contributed by atoms with Crippen molar-refractivity contribution >= 4 is 34.8 Å². The Kier molecular flexibility index (Phi) is 4.21. The Morgan fingerprint density at radius 2 is 1.67 bits per heavy atom. The van der Waals surface area contributed by atoms with E-state index in [0.29, 0.717) is 10.0 Å². The van der Waals surface area contributed by atoms with E-state index in [-0.39, 0.29) is 5.38 Å². The highest BCUT2D eigenvalue weighted by Gasteiger charge is 2.16. The van der Waals surface area contributed by atoms with Crippen LogP contribution in [0.1, 0.15) is 27.6 Å².